The van der Waals surface area contributed by atoms with E-state index in [1.165, 1.54) is 0 Å². The van der Waals surface area contributed by atoms with Crippen molar-refractivity contribution in [1.29, 1.82) is 0 Å². The Morgan fingerprint density at radius 1 is 1.33 bits per heavy atom. The lowest BCUT2D eigenvalue weighted by Crippen LogP contribution is -2.42. The molecular weight excluding hydrogens is 248 g/mol. The van der Waals surface area contributed by atoms with Gasteiger partial charge >= 0.3 is 0 Å². The van der Waals surface area contributed by atoms with E-state index in [0.717, 1.165) is 49.7 Å². The van der Waals surface area contributed by atoms with E-state index in [9.17, 15) is 0 Å². The van der Waals surface area contributed by atoms with Gasteiger partial charge in [-0.15, -0.1) is 11.3 Å². The van der Waals surface area contributed by atoms with Gasteiger partial charge in [0.2, 0.25) is 0 Å². The van der Waals surface area contributed by atoms with Crippen molar-refractivity contribution < 1.29 is 9.47 Å². The van der Waals surface area contributed by atoms with Gasteiger partial charge in [0, 0.05) is 31.3 Å². The number of anilines is 1. The van der Waals surface area contributed by atoms with Crippen molar-refractivity contribution in [1.82, 2.24) is 4.98 Å². The molecule has 0 unspecified atom stereocenters. The molecule has 1 aromatic heterocycles. The molecule has 100 valence electrons. The van der Waals surface area contributed by atoms with E-state index in [2.05, 4.69) is 22.3 Å². The Bertz CT molecular complexity index is 405. The molecule has 2 aliphatic rings. The third-order valence-corrected chi connectivity index (χ3v) is 5.04. The van der Waals surface area contributed by atoms with Crippen LogP contribution < -0.4 is 4.90 Å². The molecule has 5 heteroatoms. The molecule has 1 saturated heterocycles. The van der Waals surface area contributed by atoms with Crippen molar-refractivity contribution in [3.63, 3.8) is 0 Å². The van der Waals surface area contributed by atoms with E-state index in [0.29, 0.717) is 6.04 Å². The van der Waals surface area contributed by atoms with E-state index in [4.69, 9.17) is 9.47 Å². The molecule has 2 heterocycles. The van der Waals surface area contributed by atoms with Gasteiger partial charge in [0.15, 0.2) is 10.9 Å². The molecule has 1 aliphatic heterocycles. The first-order valence-corrected chi connectivity index (χ1v) is 7.49. The molecule has 0 bridgehead atoms. The number of ether oxygens (including phenoxy) is 2. The molecule has 18 heavy (non-hydrogen) atoms. The highest BCUT2D eigenvalue weighted by atomic mass is 32.1. The Morgan fingerprint density at radius 3 is 2.56 bits per heavy atom. The van der Waals surface area contributed by atoms with Gasteiger partial charge in [0.05, 0.1) is 18.9 Å². The summed E-state index contributed by atoms with van der Waals surface area (Å²) in [5.41, 5.74) is 1.11. The van der Waals surface area contributed by atoms with Crippen LogP contribution in [-0.4, -0.2) is 37.1 Å². The fourth-order valence-corrected chi connectivity index (χ4v) is 3.72. The molecule has 4 nitrogen and oxygen atoms in total. The van der Waals surface area contributed by atoms with E-state index in [1.807, 2.05) is 6.92 Å². The van der Waals surface area contributed by atoms with Crippen LogP contribution in [-0.2, 0) is 9.47 Å². The van der Waals surface area contributed by atoms with Crippen LogP contribution >= 0.6 is 11.3 Å². The monoisotopic (exact) mass is 268 g/mol. The number of aryl methyl sites for hydroxylation is 1. The Balaban J connectivity index is 1.62. The summed E-state index contributed by atoms with van der Waals surface area (Å²) in [4.78, 5) is 6.88. The van der Waals surface area contributed by atoms with Crippen LogP contribution in [0.15, 0.2) is 5.38 Å². The van der Waals surface area contributed by atoms with Gasteiger partial charge in [-0.3, -0.25) is 0 Å². The lowest BCUT2D eigenvalue weighted by Gasteiger charge is -2.38. The Hall–Kier alpha value is -0.650. The minimum absolute atomic E-state index is 0.254. The van der Waals surface area contributed by atoms with Gasteiger partial charge in [0.25, 0.3) is 0 Å². The molecule has 0 amide bonds. The maximum Gasteiger partial charge on any atom is 0.185 e. The molecule has 0 atom stereocenters. The van der Waals surface area contributed by atoms with Crippen molar-refractivity contribution in [3.8, 4) is 0 Å². The standard InChI is InChI=1S/C13H20N2O2S/c1-10-9-18-12(14-10)15(2)11-3-5-13(6-4-11)16-7-8-17-13/h9,11H,3-8H2,1-2H3. The second kappa shape index (κ2) is 4.79. The lowest BCUT2D eigenvalue weighted by molar-refractivity contribution is -0.178. The molecule has 1 aromatic rings. The first-order chi connectivity index (χ1) is 8.69. The molecule has 0 N–H and O–H groups in total. The summed E-state index contributed by atoms with van der Waals surface area (Å²) < 4.78 is 11.5. The summed E-state index contributed by atoms with van der Waals surface area (Å²) >= 11 is 1.73. The largest absolute Gasteiger partial charge is 0.348 e. The second-order valence-corrected chi connectivity index (χ2v) is 6.06. The molecule has 1 spiro atoms. The molecular formula is C13H20N2O2S. The summed E-state index contributed by atoms with van der Waals surface area (Å²) in [6, 6.07) is 0.564. The summed E-state index contributed by atoms with van der Waals surface area (Å²) in [5.74, 6) is -0.254. The van der Waals surface area contributed by atoms with E-state index >= 15 is 0 Å². The van der Waals surface area contributed by atoms with Crippen LogP contribution in [0, 0.1) is 6.92 Å². The minimum Gasteiger partial charge on any atom is -0.348 e. The zero-order valence-electron chi connectivity index (χ0n) is 11.0. The number of hydrogen-bond donors (Lipinski definition) is 0. The van der Waals surface area contributed by atoms with E-state index in [1.54, 1.807) is 11.3 Å². The maximum atomic E-state index is 5.77. The van der Waals surface area contributed by atoms with Gasteiger partial charge in [0.1, 0.15) is 0 Å². The Labute approximate surface area is 112 Å². The number of hydrogen-bond acceptors (Lipinski definition) is 5. The second-order valence-electron chi connectivity index (χ2n) is 5.22. The number of nitrogens with zero attached hydrogens (tertiary/aromatic N) is 2. The minimum atomic E-state index is -0.254. The predicted molar refractivity (Wildman–Crippen MR) is 72.1 cm³/mol. The summed E-state index contributed by atoms with van der Waals surface area (Å²) in [7, 11) is 2.15. The quantitative estimate of drug-likeness (QED) is 0.825. The zero-order chi connectivity index (χ0) is 12.6. The van der Waals surface area contributed by atoms with Crippen LogP contribution in [0.2, 0.25) is 0 Å². The Kier molecular flexibility index (Phi) is 3.30. The summed E-state index contributed by atoms with van der Waals surface area (Å²) in [6.45, 7) is 3.56. The highest BCUT2D eigenvalue weighted by Gasteiger charge is 2.41. The van der Waals surface area contributed by atoms with Crippen molar-refractivity contribution >= 4 is 16.5 Å². The number of rotatable bonds is 2. The smallest absolute Gasteiger partial charge is 0.185 e. The highest BCUT2D eigenvalue weighted by molar-refractivity contribution is 7.13. The zero-order valence-corrected chi connectivity index (χ0v) is 11.8. The SMILES string of the molecule is Cc1csc(N(C)C2CCC3(CC2)OCCO3)n1. The van der Waals surface area contributed by atoms with E-state index < -0.39 is 0 Å². The fraction of sp³-hybridized carbons (Fsp3) is 0.769. The molecule has 0 aromatic carbocycles. The van der Waals surface area contributed by atoms with Crippen molar-refractivity contribution in [2.45, 2.75) is 44.4 Å². The van der Waals surface area contributed by atoms with Crippen LogP contribution in [0.5, 0.6) is 0 Å². The predicted octanol–water partition coefficient (Wildman–Crippen LogP) is 2.57. The normalized spacial score (nSPS) is 23.7. The van der Waals surface area contributed by atoms with Gasteiger partial charge in [-0.05, 0) is 19.8 Å². The number of aromatic nitrogens is 1. The average molecular weight is 268 g/mol. The first kappa shape index (κ1) is 12.4. The van der Waals surface area contributed by atoms with Crippen LogP contribution in [0.1, 0.15) is 31.4 Å². The average Bonchev–Trinajstić information content (AvgIpc) is 3.00. The van der Waals surface area contributed by atoms with Gasteiger partial charge in [-0.1, -0.05) is 0 Å². The first-order valence-electron chi connectivity index (χ1n) is 6.61. The summed E-state index contributed by atoms with van der Waals surface area (Å²) in [5, 5.41) is 3.24. The fourth-order valence-electron chi connectivity index (χ4n) is 2.88. The highest BCUT2D eigenvalue weighted by Crippen LogP contribution is 2.38. The maximum absolute atomic E-state index is 5.77. The number of thiazole rings is 1. The third-order valence-electron chi connectivity index (χ3n) is 3.99. The van der Waals surface area contributed by atoms with Crippen molar-refractivity contribution in [3.05, 3.63) is 11.1 Å². The molecule has 3 rings (SSSR count). The van der Waals surface area contributed by atoms with Gasteiger partial charge < -0.3 is 14.4 Å². The molecule has 1 saturated carbocycles. The molecule has 2 fully saturated rings. The topological polar surface area (TPSA) is 34.6 Å². The molecule has 1 aliphatic carbocycles. The van der Waals surface area contributed by atoms with Crippen LogP contribution in [0.25, 0.3) is 0 Å². The lowest BCUT2D eigenvalue weighted by atomic mass is 9.89. The summed E-state index contributed by atoms with van der Waals surface area (Å²) in [6.07, 6.45) is 4.25. The van der Waals surface area contributed by atoms with E-state index in [-0.39, 0.29) is 5.79 Å². The third kappa shape index (κ3) is 2.27. The Morgan fingerprint density at radius 2 is 2.00 bits per heavy atom. The molecule has 0 radical (unpaired) electrons. The van der Waals surface area contributed by atoms with Crippen LogP contribution in [0.3, 0.4) is 0 Å². The van der Waals surface area contributed by atoms with Gasteiger partial charge in [-0.2, -0.15) is 0 Å². The van der Waals surface area contributed by atoms with Crippen molar-refractivity contribution in [2.75, 3.05) is 25.2 Å². The van der Waals surface area contributed by atoms with Crippen LogP contribution in [0.4, 0.5) is 5.13 Å². The van der Waals surface area contributed by atoms with Crippen molar-refractivity contribution in [2.24, 2.45) is 0 Å². The van der Waals surface area contributed by atoms with Gasteiger partial charge in [-0.25, -0.2) is 4.98 Å².